The first-order chi connectivity index (χ1) is 15.3. The number of fused-ring (bicyclic) bond motifs is 1. The van der Waals surface area contributed by atoms with Gasteiger partial charge in [-0.3, -0.25) is 9.59 Å². The van der Waals surface area contributed by atoms with Crippen LogP contribution in [0.4, 0.5) is 0 Å². The molecule has 6 nitrogen and oxygen atoms in total. The predicted molar refractivity (Wildman–Crippen MR) is 131 cm³/mol. The van der Waals surface area contributed by atoms with E-state index in [1.807, 2.05) is 30.3 Å². The van der Waals surface area contributed by atoms with E-state index in [2.05, 4.69) is 19.6 Å². The molecule has 2 aromatic carbocycles. The molecule has 0 amide bonds. The van der Waals surface area contributed by atoms with E-state index in [4.69, 9.17) is 13.9 Å². The average Bonchev–Trinajstić information content (AvgIpc) is 2.72. The van der Waals surface area contributed by atoms with E-state index in [0.29, 0.717) is 17.9 Å². The van der Waals surface area contributed by atoms with Gasteiger partial charge in [-0.15, -0.1) is 0 Å². The Balaban J connectivity index is 2.10. The van der Waals surface area contributed by atoms with Crippen molar-refractivity contribution in [2.75, 3.05) is 6.61 Å². The lowest BCUT2D eigenvalue weighted by atomic mass is 9.97. The van der Waals surface area contributed by atoms with Crippen LogP contribution in [0.25, 0.3) is 22.3 Å². The van der Waals surface area contributed by atoms with Gasteiger partial charge in [0.1, 0.15) is 22.5 Å². The molecule has 174 valence electrons. The maximum absolute atomic E-state index is 13.0. The van der Waals surface area contributed by atoms with Crippen LogP contribution in [-0.4, -0.2) is 26.6 Å². The van der Waals surface area contributed by atoms with Crippen molar-refractivity contribution < 1.29 is 23.5 Å². The van der Waals surface area contributed by atoms with Crippen molar-refractivity contribution in [3.05, 3.63) is 64.3 Å². The second-order valence-electron chi connectivity index (χ2n) is 10.3. The molecule has 1 heterocycles. The Labute approximate surface area is 194 Å². The summed E-state index contributed by atoms with van der Waals surface area (Å²) in [7, 11) is -1.38. The first-order valence-corrected chi connectivity index (χ1v) is 14.6. The zero-order valence-corrected chi connectivity index (χ0v) is 21.0. The Morgan fingerprint density at radius 3 is 2.27 bits per heavy atom. The van der Waals surface area contributed by atoms with E-state index in [-0.39, 0.29) is 27.7 Å². The Hall–Kier alpha value is -3.19. The zero-order valence-electron chi connectivity index (χ0n) is 20.0. The molecule has 0 fully saturated rings. The smallest absolute Gasteiger partial charge is 0.338 e. The number of rotatable bonds is 6. The molecule has 33 heavy (non-hydrogen) atoms. The number of carbonyl (C=O) groups is 2. The molecule has 0 saturated carbocycles. The molecule has 1 aromatic heterocycles. The Morgan fingerprint density at radius 2 is 1.67 bits per heavy atom. The summed E-state index contributed by atoms with van der Waals surface area (Å²) in [5, 5.41) is 0.103. The largest absolute Gasteiger partial charge is 0.462 e. The van der Waals surface area contributed by atoms with Crippen molar-refractivity contribution in [1.29, 1.82) is 0 Å². The Kier molecular flexibility index (Phi) is 6.93. The third-order valence-corrected chi connectivity index (χ3v) is 6.69. The number of hydrogen-bond acceptors (Lipinski definition) is 6. The molecule has 3 aromatic rings. The highest BCUT2D eigenvalue weighted by Gasteiger charge is 2.26. The fourth-order valence-corrected chi connectivity index (χ4v) is 3.70. The van der Waals surface area contributed by atoms with Gasteiger partial charge in [-0.25, -0.2) is 4.79 Å². The van der Waals surface area contributed by atoms with Crippen molar-refractivity contribution in [1.82, 2.24) is 0 Å². The van der Waals surface area contributed by atoms with Crippen LogP contribution < -0.4 is 10.2 Å². The van der Waals surface area contributed by atoms with Crippen LogP contribution in [0, 0.1) is 5.41 Å². The third-order valence-electron chi connectivity index (χ3n) is 4.99. The lowest BCUT2D eigenvalue weighted by Crippen LogP contribution is -2.26. The highest BCUT2D eigenvalue weighted by Crippen LogP contribution is 2.31. The van der Waals surface area contributed by atoms with E-state index in [1.54, 1.807) is 20.8 Å². The number of ether oxygens (including phenoxy) is 2. The summed E-state index contributed by atoms with van der Waals surface area (Å²) < 4.78 is 17.0. The number of carbonyl (C=O) groups excluding carboxylic acids is 2. The summed E-state index contributed by atoms with van der Waals surface area (Å²) in [6.45, 7) is 12.0. The molecule has 0 spiro atoms. The van der Waals surface area contributed by atoms with Crippen molar-refractivity contribution >= 4 is 31.0 Å². The maximum atomic E-state index is 13.0. The summed E-state index contributed by atoms with van der Waals surface area (Å²) in [5.41, 5.74) is -0.149. The SMILES string of the molecule is CC(C)(C)C(=O)Oc1cc(C(=O)OCC[Si](C)(C)C)cc2oc(-c3ccccc3)cc(=O)c12. The molecule has 0 aliphatic heterocycles. The molecule has 0 atom stereocenters. The van der Waals surface area contributed by atoms with E-state index in [0.717, 1.165) is 6.04 Å². The molecular weight excluding hydrogens is 436 g/mol. The quantitative estimate of drug-likeness (QED) is 0.255. The Bertz CT molecular complexity index is 1230. The molecule has 7 heteroatoms. The molecule has 0 N–H and O–H groups in total. The van der Waals surface area contributed by atoms with E-state index in [1.165, 1.54) is 18.2 Å². The fraction of sp³-hybridized carbons (Fsp3) is 0.346. The van der Waals surface area contributed by atoms with Crippen LogP contribution in [-0.2, 0) is 9.53 Å². The summed E-state index contributed by atoms with van der Waals surface area (Å²) in [4.78, 5) is 38.4. The molecule has 0 bridgehead atoms. The second-order valence-corrected chi connectivity index (χ2v) is 15.9. The van der Waals surface area contributed by atoms with E-state index >= 15 is 0 Å². The van der Waals surface area contributed by atoms with Crippen LogP contribution in [0.5, 0.6) is 5.75 Å². The standard InChI is InChI=1S/C26H30O6Si/c1-26(2,3)25(29)32-22-15-18(24(28)30-12-13-33(4,5)6)14-21-23(22)19(27)16-20(31-21)17-10-8-7-9-11-17/h7-11,14-16H,12-13H2,1-6H3. The van der Waals surface area contributed by atoms with Gasteiger partial charge in [0.15, 0.2) is 5.43 Å². The van der Waals surface area contributed by atoms with Crippen LogP contribution >= 0.6 is 0 Å². The van der Waals surface area contributed by atoms with Gasteiger partial charge in [0.2, 0.25) is 0 Å². The maximum Gasteiger partial charge on any atom is 0.338 e. The van der Waals surface area contributed by atoms with Crippen LogP contribution in [0.1, 0.15) is 31.1 Å². The van der Waals surface area contributed by atoms with E-state index < -0.39 is 25.4 Å². The summed E-state index contributed by atoms with van der Waals surface area (Å²) in [6.07, 6.45) is 0. The van der Waals surface area contributed by atoms with Crippen LogP contribution in [0.2, 0.25) is 25.7 Å². The molecule has 0 unspecified atom stereocenters. The second kappa shape index (κ2) is 9.35. The zero-order chi connectivity index (χ0) is 24.4. The molecule has 0 aliphatic rings. The van der Waals surface area contributed by atoms with E-state index in [9.17, 15) is 14.4 Å². The summed E-state index contributed by atoms with van der Waals surface area (Å²) >= 11 is 0. The first kappa shape index (κ1) is 24.4. The molecule has 0 aliphatic carbocycles. The summed E-state index contributed by atoms with van der Waals surface area (Å²) in [6, 6.07) is 14.2. The van der Waals surface area contributed by atoms with Gasteiger partial charge in [-0.05, 0) is 38.9 Å². The minimum Gasteiger partial charge on any atom is -0.462 e. The van der Waals surface area contributed by atoms with Gasteiger partial charge in [0.25, 0.3) is 0 Å². The lowest BCUT2D eigenvalue weighted by molar-refractivity contribution is -0.142. The average molecular weight is 467 g/mol. The Morgan fingerprint density at radius 1 is 1.00 bits per heavy atom. The highest BCUT2D eigenvalue weighted by atomic mass is 28.3. The van der Waals surface area contributed by atoms with Crippen molar-refractivity contribution in [2.24, 2.45) is 5.41 Å². The molecule has 3 rings (SSSR count). The fourth-order valence-electron chi connectivity index (χ4n) is 2.98. The van der Waals surface area contributed by atoms with Gasteiger partial charge in [0.05, 0.1) is 17.6 Å². The van der Waals surface area contributed by atoms with Crippen molar-refractivity contribution in [3.8, 4) is 17.1 Å². The molecule has 0 saturated heterocycles. The minimum atomic E-state index is -1.38. The van der Waals surface area contributed by atoms with Crippen molar-refractivity contribution in [3.63, 3.8) is 0 Å². The molecule has 0 radical (unpaired) electrons. The van der Waals surface area contributed by atoms with Gasteiger partial charge < -0.3 is 13.9 Å². The normalized spacial score (nSPS) is 11.9. The van der Waals surface area contributed by atoms with Crippen LogP contribution in [0.15, 0.2) is 57.7 Å². The van der Waals surface area contributed by atoms with Gasteiger partial charge in [-0.2, -0.15) is 0 Å². The third kappa shape index (κ3) is 6.19. The molecular formula is C26H30O6Si. The van der Waals surface area contributed by atoms with Crippen molar-refractivity contribution in [2.45, 2.75) is 46.5 Å². The summed E-state index contributed by atoms with van der Waals surface area (Å²) in [5.74, 6) is -0.751. The number of hydrogen-bond donors (Lipinski definition) is 0. The monoisotopic (exact) mass is 466 g/mol. The van der Waals surface area contributed by atoms with Gasteiger partial charge in [-0.1, -0.05) is 50.0 Å². The topological polar surface area (TPSA) is 82.8 Å². The minimum absolute atomic E-state index is 0.0158. The van der Waals surface area contributed by atoms with Gasteiger partial charge in [0, 0.05) is 19.7 Å². The number of esters is 2. The lowest BCUT2D eigenvalue weighted by Gasteiger charge is -2.18. The van der Waals surface area contributed by atoms with Crippen LogP contribution in [0.3, 0.4) is 0 Å². The first-order valence-electron chi connectivity index (χ1n) is 10.9. The number of benzene rings is 2. The highest BCUT2D eigenvalue weighted by molar-refractivity contribution is 6.76. The van der Waals surface area contributed by atoms with Gasteiger partial charge >= 0.3 is 11.9 Å². The predicted octanol–water partition coefficient (Wildman–Crippen LogP) is 5.91.